The van der Waals surface area contributed by atoms with Crippen LogP contribution >= 0.6 is 11.3 Å². The smallest absolute Gasteiger partial charge is 0.251 e. The van der Waals surface area contributed by atoms with Gasteiger partial charge in [-0.1, -0.05) is 50.1 Å². The monoisotopic (exact) mass is 382 g/mol. The van der Waals surface area contributed by atoms with E-state index in [1.54, 1.807) is 11.3 Å². The molecule has 0 aliphatic heterocycles. The lowest BCUT2D eigenvalue weighted by molar-refractivity contribution is -0.117. The summed E-state index contributed by atoms with van der Waals surface area (Å²) < 4.78 is 0. The van der Waals surface area contributed by atoms with Crippen molar-refractivity contribution in [3.63, 3.8) is 0 Å². The molecule has 0 radical (unpaired) electrons. The molecule has 0 bridgehead atoms. The number of hydrogen-bond acceptors (Lipinski definition) is 3. The van der Waals surface area contributed by atoms with E-state index in [0.29, 0.717) is 16.5 Å². The average molecular weight is 383 g/mol. The van der Waals surface area contributed by atoms with Gasteiger partial charge in [0.2, 0.25) is 5.91 Å². The summed E-state index contributed by atoms with van der Waals surface area (Å²) in [5.74, 6) is 0.533. The van der Waals surface area contributed by atoms with Gasteiger partial charge in [0.1, 0.15) is 5.00 Å². The van der Waals surface area contributed by atoms with Crippen LogP contribution in [0.1, 0.15) is 64.9 Å². The molecule has 2 aliphatic rings. The molecule has 1 aromatic heterocycles. The number of nitrogens with two attached hydrogens (primary N) is 1. The van der Waals surface area contributed by atoms with Gasteiger partial charge in [-0.3, -0.25) is 9.59 Å². The Morgan fingerprint density at radius 3 is 2.74 bits per heavy atom. The quantitative estimate of drug-likeness (QED) is 0.772. The number of carbonyl (C=O) groups is 2. The van der Waals surface area contributed by atoms with Gasteiger partial charge in [-0.15, -0.1) is 11.3 Å². The minimum atomic E-state index is -0.424. The Kier molecular flexibility index (Phi) is 5.04. The van der Waals surface area contributed by atoms with Crippen molar-refractivity contribution in [3.05, 3.63) is 51.9 Å². The van der Waals surface area contributed by atoms with Crippen molar-refractivity contribution in [1.82, 2.24) is 0 Å². The highest BCUT2D eigenvalue weighted by atomic mass is 32.1. The Morgan fingerprint density at radius 1 is 1.26 bits per heavy atom. The van der Waals surface area contributed by atoms with Crippen LogP contribution in [0.4, 0.5) is 5.00 Å². The minimum Gasteiger partial charge on any atom is -0.365 e. The zero-order chi connectivity index (χ0) is 19.0. The van der Waals surface area contributed by atoms with E-state index in [-0.39, 0.29) is 17.7 Å². The Balaban J connectivity index is 1.51. The zero-order valence-electron chi connectivity index (χ0n) is 15.7. The summed E-state index contributed by atoms with van der Waals surface area (Å²) in [6.07, 6.45) is 6.25. The summed E-state index contributed by atoms with van der Waals surface area (Å²) >= 11 is 1.56. The number of amides is 2. The van der Waals surface area contributed by atoms with Crippen LogP contribution in [0.3, 0.4) is 0 Å². The van der Waals surface area contributed by atoms with E-state index >= 15 is 0 Å². The first-order valence-corrected chi connectivity index (χ1v) is 10.7. The maximum absolute atomic E-state index is 12.8. The summed E-state index contributed by atoms with van der Waals surface area (Å²) in [4.78, 5) is 26.1. The van der Waals surface area contributed by atoms with E-state index in [9.17, 15) is 9.59 Å². The van der Waals surface area contributed by atoms with Gasteiger partial charge < -0.3 is 11.1 Å². The van der Waals surface area contributed by atoms with Crippen LogP contribution in [-0.2, 0) is 17.6 Å². The lowest BCUT2D eigenvalue weighted by Gasteiger charge is -2.21. The Hall–Kier alpha value is -2.14. The van der Waals surface area contributed by atoms with Gasteiger partial charge in [0, 0.05) is 10.8 Å². The molecule has 3 N–H and O–H groups in total. The van der Waals surface area contributed by atoms with Crippen LogP contribution in [0.15, 0.2) is 30.3 Å². The lowest BCUT2D eigenvalue weighted by atomic mass is 9.84. The minimum absolute atomic E-state index is 0.00931. The molecule has 1 saturated carbocycles. The molecule has 142 valence electrons. The number of rotatable bonds is 6. The van der Waals surface area contributed by atoms with E-state index < -0.39 is 5.91 Å². The van der Waals surface area contributed by atoms with E-state index in [1.807, 2.05) is 18.2 Å². The first-order valence-electron chi connectivity index (χ1n) is 9.88. The molecule has 2 aliphatic carbocycles. The first kappa shape index (κ1) is 18.2. The number of nitrogens with one attached hydrogen (secondary N) is 1. The molecule has 1 aromatic carbocycles. The van der Waals surface area contributed by atoms with Gasteiger partial charge >= 0.3 is 0 Å². The standard InChI is InChI=1S/C22H26N2O2S/c1-2-6-13-9-10-15-18(11-13)27-22(19(15)20(23)25)24-21(26)17-12-16(17)14-7-4-3-5-8-14/h3-5,7-8,13,16-17H,2,6,9-12H2,1H3,(H2,23,25)(H,24,26)/t13-,16+,17+/m1/s1. The normalized spacial score (nSPS) is 23.5. The van der Waals surface area contributed by atoms with Gasteiger partial charge in [-0.05, 0) is 48.6 Å². The largest absolute Gasteiger partial charge is 0.365 e. The van der Waals surface area contributed by atoms with Crippen molar-refractivity contribution in [2.75, 3.05) is 5.32 Å². The molecule has 0 spiro atoms. The predicted molar refractivity (Wildman–Crippen MR) is 109 cm³/mol. The third kappa shape index (κ3) is 3.65. The summed E-state index contributed by atoms with van der Waals surface area (Å²) in [5, 5.41) is 3.70. The number of benzene rings is 1. The van der Waals surface area contributed by atoms with Gasteiger partial charge in [-0.2, -0.15) is 0 Å². The van der Waals surface area contributed by atoms with Gasteiger partial charge in [-0.25, -0.2) is 0 Å². The summed E-state index contributed by atoms with van der Waals surface area (Å²) in [6, 6.07) is 10.2. The molecule has 4 rings (SSSR count). The van der Waals surface area contributed by atoms with E-state index in [0.717, 1.165) is 31.2 Å². The van der Waals surface area contributed by atoms with Crippen LogP contribution in [0.25, 0.3) is 0 Å². The zero-order valence-corrected chi connectivity index (χ0v) is 16.5. The Morgan fingerprint density at radius 2 is 2.04 bits per heavy atom. The third-order valence-electron chi connectivity index (χ3n) is 5.90. The predicted octanol–water partition coefficient (Wildman–Crippen LogP) is 4.49. The lowest BCUT2D eigenvalue weighted by Crippen LogP contribution is -2.20. The molecular formula is C22H26N2O2S. The Labute approximate surface area is 164 Å². The highest BCUT2D eigenvalue weighted by Gasteiger charge is 2.44. The van der Waals surface area contributed by atoms with Gasteiger partial charge in [0.05, 0.1) is 5.56 Å². The molecule has 3 atom stereocenters. The number of hydrogen-bond donors (Lipinski definition) is 2. The molecule has 0 saturated heterocycles. The van der Waals surface area contributed by atoms with Crippen molar-refractivity contribution in [3.8, 4) is 0 Å². The summed E-state index contributed by atoms with van der Waals surface area (Å²) in [7, 11) is 0. The summed E-state index contributed by atoms with van der Waals surface area (Å²) in [5.41, 5.74) is 8.51. The van der Waals surface area contributed by atoms with Crippen molar-refractivity contribution in [2.45, 2.75) is 51.4 Å². The first-order chi connectivity index (χ1) is 13.1. The SMILES string of the molecule is CCC[C@@H]1CCc2c(sc(NC(=O)[C@H]3C[C@H]3c3ccccc3)c2C(N)=O)C1. The third-order valence-corrected chi connectivity index (χ3v) is 7.07. The molecule has 0 unspecified atom stereocenters. The molecule has 27 heavy (non-hydrogen) atoms. The van der Waals surface area contributed by atoms with Crippen molar-refractivity contribution in [1.29, 1.82) is 0 Å². The van der Waals surface area contributed by atoms with Crippen molar-refractivity contribution in [2.24, 2.45) is 17.6 Å². The highest BCUT2D eigenvalue weighted by Crippen LogP contribution is 2.48. The van der Waals surface area contributed by atoms with E-state index in [1.165, 1.54) is 23.3 Å². The maximum atomic E-state index is 12.8. The molecule has 4 nitrogen and oxygen atoms in total. The van der Waals surface area contributed by atoms with Gasteiger partial charge in [0.15, 0.2) is 0 Å². The summed E-state index contributed by atoms with van der Waals surface area (Å²) in [6.45, 7) is 2.21. The van der Waals surface area contributed by atoms with Crippen LogP contribution in [-0.4, -0.2) is 11.8 Å². The second-order valence-corrected chi connectivity index (χ2v) is 8.92. The number of fused-ring (bicyclic) bond motifs is 1. The molecule has 1 heterocycles. The van der Waals surface area contributed by atoms with E-state index in [4.69, 9.17) is 5.73 Å². The molecule has 1 fully saturated rings. The van der Waals surface area contributed by atoms with Crippen LogP contribution < -0.4 is 11.1 Å². The topological polar surface area (TPSA) is 72.2 Å². The number of carbonyl (C=O) groups excluding carboxylic acids is 2. The molecule has 2 aromatic rings. The fourth-order valence-corrected chi connectivity index (χ4v) is 5.79. The molecule has 5 heteroatoms. The van der Waals surface area contributed by atoms with Crippen molar-refractivity contribution >= 4 is 28.2 Å². The fourth-order valence-electron chi connectivity index (χ4n) is 4.42. The van der Waals surface area contributed by atoms with Crippen LogP contribution in [0.2, 0.25) is 0 Å². The van der Waals surface area contributed by atoms with Crippen LogP contribution in [0.5, 0.6) is 0 Å². The van der Waals surface area contributed by atoms with E-state index in [2.05, 4.69) is 24.4 Å². The van der Waals surface area contributed by atoms with Crippen LogP contribution in [0, 0.1) is 11.8 Å². The second kappa shape index (κ2) is 7.47. The number of thiophene rings is 1. The average Bonchev–Trinajstić information content (AvgIpc) is 3.38. The Bertz CT molecular complexity index is 859. The molecular weight excluding hydrogens is 356 g/mol. The van der Waals surface area contributed by atoms with Crippen molar-refractivity contribution < 1.29 is 9.59 Å². The number of anilines is 1. The second-order valence-electron chi connectivity index (χ2n) is 7.82. The number of primary amides is 1. The fraction of sp³-hybridized carbons (Fsp3) is 0.455. The van der Waals surface area contributed by atoms with Gasteiger partial charge in [0.25, 0.3) is 5.91 Å². The maximum Gasteiger partial charge on any atom is 0.251 e. The molecule has 2 amide bonds. The highest BCUT2D eigenvalue weighted by molar-refractivity contribution is 7.17.